The lowest BCUT2D eigenvalue weighted by molar-refractivity contribution is -0.114. The van der Waals surface area contributed by atoms with Crippen LogP contribution in [0.2, 0.25) is 0 Å². The minimum Gasteiger partial charge on any atom is -0.488 e. The number of hydrogen-bond acceptors (Lipinski definition) is 3. The van der Waals surface area contributed by atoms with Gasteiger partial charge in [0, 0.05) is 22.1 Å². The van der Waals surface area contributed by atoms with Crippen molar-refractivity contribution in [3.63, 3.8) is 0 Å². The maximum Gasteiger partial charge on any atom is 0.245 e. The maximum atomic E-state index is 13.4. The van der Waals surface area contributed by atoms with E-state index < -0.39 is 5.91 Å². The molecule has 4 aromatic rings. The summed E-state index contributed by atoms with van der Waals surface area (Å²) in [6.07, 6.45) is 2.27. The van der Waals surface area contributed by atoms with Crippen molar-refractivity contribution in [1.82, 2.24) is 9.78 Å². The van der Waals surface area contributed by atoms with Crippen molar-refractivity contribution in [2.24, 2.45) is 5.73 Å². The first-order valence-corrected chi connectivity index (χ1v) is 10.1. The van der Waals surface area contributed by atoms with Crippen molar-refractivity contribution in [3.8, 4) is 11.4 Å². The minimum absolute atomic E-state index is 0.298. The Balaban J connectivity index is 1.78. The van der Waals surface area contributed by atoms with Crippen molar-refractivity contribution in [3.05, 3.63) is 94.9 Å². The van der Waals surface area contributed by atoms with Crippen LogP contribution in [-0.4, -0.2) is 15.7 Å². The zero-order valence-electron chi connectivity index (χ0n) is 16.9. The third-order valence-electron chi connectivity index (χ3n) is 5.63. The normalized spacial score (nSPS) is 14.4. The average molecular weight is 413 g/mol. The highest BCUT2D eigenvalue weighted by Gasteiger charge is 2.25. The van der Waals surface area contributed by atoms with E-state index in [1.807, 2.05) is 43.3 Å². The predicted octanol–water partition coefficient (Wildman–Crippen LogP) is 4.75. The Labute approximate surface area is 178 Å². The number of ether oxygens (including phenoxy) is 1. The molecule has 0 spiro atoms. The van der Waals surface area contributed by atoms with E-state index in [9.17, 15) is 9.18 Å². The highest BCUT2D eigenvalue weighted by atomic mass is 19.1. The van der Waals surface area contributed by atoms with E-state index in [0.29, 0.717) is 24.4 Å². The maximum absolute atomic E-state index is 13.4. The molecule has 1 aliphatic rings. The van der Waals surface area contributed by atoms with Crippen LogP contribution in [0.3, 0.4) is 0 Å². The van der Waals surface area contributed by atoms with Crippen LogP contribution < -0.4 is 10.5 Å². The van der Waals surface area contributed by atoms with Crippen LogP contribution >= 0.6 is 0 Å². The summed E-state index contributed by atoms with van der Waals surface area (Å²) in [6, 6.07) is 17.9. The lowest BCUT2D eigenvalue weighted by atomic mass is 9.88. The topological polar surface area (TPSA) is 70.1 Å². The van der Waals surface area contributed by atoms with E-state index in [1.165, 1.54) is 12.1 Å². The summed E-state index contributed by atoms with van der Waals surface area (Å²) < 4.78 is 21.2. The fourth-order valence-electron chi connectivity index (χ4n) is 4.16. The van der Waals surface area contributed by atoms with Crippen molar-refractivity contribution in [2.75, 3.05) is 0 Å². The van der Waals surface area contributed by atoms with E-state index in [1.54, 1.807) is 23.0 Å². The number of rotatable bonds is 3. The summed E-state index contributed by atoms with van der Waals surface area (Å²) >= 11 is 0. The molecule has 2 heterocycles. The first-order valence-electron chi connectivity index (χ1n) is 10.1. The van der Waals surface area contributed by atoms with Gasteiger partial charge in [-0.1, -0.05) is 25.1 Å². The zero-order valence-corrected chi connectivity index (χ0v) is 16.9. The Morgan fingerprint density at radius 3 is 2.65 bits per heavy atom. The van der Waals surface area contributed by atoms with E-state index in [-0.39, 0.29) is 5.82 Å². The van der Waals surface area contributed by atoms with Gasteiger partial charge in [0.25, 0.3) is 0 Å². The number of primary amides is 1. The molecular formula is C25H20FN3O2. The van der Waals surface area contributed by atoms with Gasteiger partial charge in [-0.25, -0.2) is 9.07 Å². The molecule has 0 radical (unpaired) electrons. The van der Waals surface area contributed by atoms with Gasteiger partial charge in [0.15, 0.2) is 0 Å². The highest BCUT2D eigenvalue weighted by molar-refractivity contribution is 6.06. The van der Waals surface area contributed by atoms with E-state index in [4.69, 9.17) is 10.5 Å². The smallest absolute Gasteiger partial charge is 0.245 e. The third kappa shape index (κ3) is 3.17. The molecule has 5 rings (SSSR count). The van der Waals surface area contributed by atoms with Gasteiger partial charge in [0.2, 0.25) is 5.91 Å². The standard InChI is InChI=1S/C25H20FN3O2/c1-2-19(25(27)30)24-20-5-3-4-6-23(20)31-14-16-12-22-15(11-21(16)24)13-28-29(22)18-9-7-17(26)8-10-18/h3-13H,2,14H2,1H3,(H2,27,30). The molecule has 0 saturated heterocycles. The summed E-state index contributed by atoms with van der Waals surface area (Å²) in [5.74, 6) is -0.0269. The van der Waals surface area contributed by atoms with Gasteiger partial charge in [-0.3, -0.25) is 4.79 Å². The molecule has 0 fully saturated rings. The summed E-state index contributed by atoms with van der Waals surface area (Å²) in [5.41, 5.74) is 11.4. The van der Waals surface area contributed by atoms with Crippen molar-refractivity contribution in [1.29, 1.82) is 0 Å². The number of amides is 1. The molecule has 0 bridgehead atoms. The number of carbonyl (C=O) groups excluding carboxylic acids is 1. The van der Waals surface area contributed by atoms with Gasteiger partial charge in [-0.15, -0.1) is 0 Å². The van der Waals surface area contributed by atoms with Crippen LogP contribution in [-0.2, 0) is 11.4 Å². The fraction of sp³-hybridized carbons (Fsp3) is 0.120. The molecule has 0 atom stereocenters. The van der Waals surface area contributed by atoms with Gasteiger partial charge in [0.05, 0.1) is 17.4 Å². The van der Waals surface area contributed by atoms with Crippen LogP contribution in [0.1, 0.15) is 30.0 Å². The van der Waals surface area contributed by atoms with Crippen LogP contribution in [0, 0.1) is 5.82 Å². The first-order chi connectivity index (χ1) is 15.1. The second-order valence-corrected chi connectivity index (χ2v) is 7.46. The van der Waals surface area contributed by atoms with Crippen molar-refractivity contribution in [2.45, 2.75) is 20.0 Å². The molecule has 0 aliphatic carbocycles. The number of nitrogens with two attached hydrogens (primary N) is 1. The number of fused-ring (bicyclic) bond motifs is 3. The quantitative estimate of drug-likeness (QED) is 0.493. The number of carbonyl (C=O) groups is 1. The Hall–Kier alpha value is -3.93. The molecular weight excluding hydrogens is 393 g/mol. The Morgan fingerprint density at radius 2 is 1.90 bits per heavy atom. The molecule has 1 amide bonds. The second-order valence-electron chi connectivity index (χ2n) is 7.46. The lowest BCUT2D eigenvalue weighted by Crippen LogP contribution is -2.16. The molecule has 1 aromatic heterocycles. The third-order valence-corrected chi connectivity index (χ3v) is 5.63. The zero-order chi connectivity index (χ0) is 21.5. The van der Waals surface area contributed by atoms with Crippen LogP contribution in [0.5, 0.6) is 5.75 Å². The van der Waals surface area contributed by atoms with Crippen molar-refractivity contribution >= 4 is 22.4 Å². The average Bonchev–Trinajstić information content (AvgIpc) is 3.11. The first kappa shape index (κ1) is 19.1. The number of aromatic nitrogens is 2. The number of benzene rings is 3. The molecule has 1 aliphatic heterocycles. The molecule has 6 heteroatoms. The van der Waals surface area contributed by atoms with Gasteiger partial charge in [-0.2, -0.15) is 5.10 Å². The summed E-state index contributed by atoms with van der Waals surface area (Å²) in [7, 11) is 0. The van der Waals surface area contributed by atoms with Crippen LogP contribution in [0.25, 0.3) is 22.2 Å². The van der Waals surface area contributed by atoms with Crippen LogP contribution in [0.15, 0.2) is 72.4 Å². The Bertz CT molecular complexity index is 1350. The van der Waals surface area contributed by atoms with Gasteiger partial charge >= 0.3 is 0 Å². The van der Waals surface area contributed by atoms with Gasteiger partial charge < -0.3 is 10.5 Å². The molecule has 0 unspecified atom stereocenters. The molecule has 31 heavy (non-hydrogen) atoms. The van der Waals surface area contributed by atoms with Crippen LogP contribution in [0.4, 0.5) is 4.39 Å². The Morgan fingerprint density at radius 1 is 1.13 bits per heavy atom. The number of nitrogens with zero attached hydrogens (tertiary/aromatic N) is 2. The van der Waals surface area contributed by atoms with E-state index >= 15 is 0 Å². The SMILES string of the molecule is CCC(C(N)=O)=C1c2cc3cnn(-c4ccc(F)cc4)c3cc2COc2ccccc21. The minimum atomic E-state index is -0.442. The fourth-order valence-corrected chi connectivity index (χ4v) is 4.16. The molecule has 5 nitrogen and oxygen atoms in total. The number of halogens is 1. The molecule has 3 aromatic carbocycles. The summed E-state index contributed by atoms with van der Waals surface area (Å²) in [5, 5.41) is 5.41. The molecule has 154 valence electrons. The summed E-state index contributed by atoms with van der Waals surface area (Å²) in [6.45, 7) is 2.27. The van der Waals surface area contributed by atoms with Crippen molar-refractivity contribution < 1.29 is 13.9 Å². The molecule has 2 N–H and O–H groups in total. The Kier molecular flexibility index (Phi) is 4.55. The predicted molar refractivity (Wildman–Crippen MR) is 117 cm³/mol. The van der Waals surface area contributed by atoms with E-state index in [2.05, 4.69) is 5.10 Å². The number of hydrogen-bond donors (Lipinski definition) is 1. The number of para-hydroxylation sites is 1. The summed E-state index contributed by atoms with van der Waals surface area (Å²) in [4.78, 5) is 12.3. The monoisotopic (exact) mass is 413 g/mol. The van der Waals surface area contributed by atoms with Gasteiger partial charge in [-0.05, 0) is 60.0 Å². The van der Waals surface area contributed by atoms with E-state index in [0.717, 1.165) is 38.9 Å². The van der Waals surface area contributed by atoms with Gasteiger partial charge in [0.1, 0.15) is 18.2 Å². The lowest BCUT2D eigenvalue weighted by Gasteiger charge is -2.15. The largest absolute Gasteiger partial charge is 0.488 e. The second kappa shape index (κ2) is 7.40. The molecule has 0 saturated carbocycles. The highest BCUT2D eigenvalue weighted by Crippen LogP contribution is 2.40.